The van der Waals surface area contributed by atoms with E-state index in [0.717, 1.165) is 58.4 Å². The van der Waals surface area contributed by atoms with Gasteiger partial charge in [0.25, 0.3) is 0 Å². The van der Waals surface area contributed by atoms with Gasteiger partial charge in [0, 0.05) is 35.6 Å². The van der Waals surface area contributed by atoms with Crippen molar-refractivity contribution in [2.45, 2.75) is 51.4 Å². The first-order valence-corrected chi connectivity index (χ1v) is 12.7. The van der Waals surface area contributed by atoms with Crippen LogP contribution in [0.3, 0.4) is 0 Å². The van der Waals surface area contributed by atoms with Gasteiger partial charge in [-0.3, -0.25) is 20.3 Å². The lowest BCUT2D eigenvalue weighted by molar-refractivity contribution is 0.489. The Bertz CT molecular complexity index is 1410. The number of benzene rings is 1. The molecule has 3 aliphatic rings. The van der Waals surface area contributed by atoms with Crippen LogP contribution in [0, 0.1) is 12.8 Å². The van der Waals surface area contributed by atoms with E-state index in [1.165, 1.54) is 42.4 Å². The van der Waals surface area contributed by atoms with E-state index >= 15 is 0 Å². The van der Waals surface area contributed by atoms with Crippen LogP contribution in [0.15, 0.2) is 53.9 Å². The molecule has 2 unspecified atom stereocenters. The molecule has 0 bridgehead atoms. The highest BCUT2D eigenvalue weighted by atomic mass is 15.3. The molecule has 1 saturated heterocycles. The van der Waals surface area contributed by atoms with Gasteiger partial charge in [-0.2, -0.15) is 0 Å². The van der Waals surface area contributed by atoms with E-state index in [-0.39, 0.29) is 12.2 Å². The van der Waals surface area contributed by atoms with Gasteiger partial charge in [0.1, 0.15) is 11.9 Å². The minimum absolute atomic E-state index is 0.105. The smallest absolute Gasteiger partial charge is 0.157 e. The van der Waals surface area contributed by atoms with Crippen molar-refractivity contribution in [2.24, 2.45) is 10.9 Å². The van der Waals surface area contributed by atoms with Gasteiger partial charge in [-0.25, -0.2) is 4.98 Å². The molecule has 4 aromatic rings. The van der Waals surface area contributed by atoms with Crippen LogP contribution in [-0.4, -0.2) is 38.4 Å². The molecule has 3 aromatic heterocycles. The molecule has 7 heteroatoms. The Morgan fingerprint density at radius 1 is 1.09 bits per heavy atom. The number of H-pyrrole nitrogens is 1. The number of hydrogen-bond donors (Lipinski definition) is 3. The van der Waals surface area contributed by atoms with Crippen molar-refractivity contribution in [3.8, 4) is 11.3 Å². The molecule has 35 heavy (non-hydrogen) atoms. The molecule has 2 aliphatic heterocycles. The number of hydrogen-bond acceptors (Lipinski definition) is 6. The first-order chi connectivity index (χ1) is 17.2. The van der Waals surface area contributed by atoms with Crippen LogP contribution in [0.4, 0.5) is 0 Å². The van der Waals surface area contributed by atoms with Gasteiger partial charge >= 0.3 is 0 Å². The van der Waals surface area contributed by atoms with Crippen LogP contribution >= 0.6 is 0 Å². The first kappa shape index (κ1) is 20.9. The highest BCUT2D eigenvalue weighted by Gasteiger charge is 2.44. The lowest BCUT2D eigenvalue weighted by Crippen LogP contribution is -2.20. The van der Waals surface area contributed by atoms with E-state index < -0.39 is 0 Å². The van der Waals surface area contributed by atoms with Crippen LogP contribution in [-0.2, 0) is 6.54 Å². The van der Waals surface area contributed by atoms with Gasteiger partial charge in [-0.1, -0.05) is 24.5 Å². The highest BCUT2D eigenvalue weighted by molar-refractivity contribution is 6.14. The molecular formula is C28H29N7. The van der Waals surface area contributed by atoms with Gasteiger partial charge in [0.15, 0.2) is 5.82 Å². The summed E-state index contributed by atoms with van der Waals surface area (Å²) in [5, 5.41) is 7.14. The van der Waals surface area contributed by atoms with Crippen molar-refractivity contribution >= 4 is 16.7 Å². The molecule has 1 aromatic carbocycles. The molecular weight excluding hydrogens is 434 g/mol. The molecule has 176 valence electrons. The largest absolute Gasteiger partial charge is 0.335 e. The average molecular weight is 464 g/mol. The van der Waals surface area contributed by atoms with Crippen molar-refractivity contribution in [2.75, 3.05) is 6.54 Å². The van der Waals surface area contributed by atoms with Gasteiger partial charge in [-0.15, -0.1) is 0 Å². The Morgan fingerprint density at radius 2 is 2.00 bits per heavy atom. The Hall–Kier alpha value is -3.42. The standard InChI is InChI=1S/C28H29N7/c1-16-8-18(13-30-12-17-4-2-3-5-17)10-19(9-16)23-11-20-21(14-31-23)26-28(35-26)34-25(20)27-32-22-6-7-29-15-24(22)33-27/h6-11,14-15,17,26,28,30,35H,2-5,12-13H2,1H3,(H,32,33). The summed E-state index contributed by atoms with van der Waals surface area (Å²) in [6.07, 6.45) is 11.2. The molecule has 2 fully saturated rings. The maximum absolute atomic E-state index is 4.96. The lowest BCUT2D eigenvalue weighted by Gasteiger charge is -2.16. The second-order valence-electron chi connectivity index (χ2n) is 10.2. The number of aromatic amines is 1. The summed E-state index contributed by atoms with van der Waals surface area (Å²) >= 11 is 0. The Morgan fingerprint density at radius 3 is 2.89 bits per heavy atom. The third kappa shape index (κ3) is 3.94. The van der Waals surface area contributed by atoms with E-state index in [2.05, 4.69) is 51.8 Å². The normalized spacial score (nSPS) is 21.1. The fourth-order valence-corrected chi connectivity index (χ4v) is 5.69. The Labute approximate surface area is 204 Å². The van der Waals surface area contributed by atoms with Crippen LogP contribution < -0.4 is 10.6 Å². The van der Waals surface area contributed by atoms with Crippen LogP contribution in [0.2, 0.25) is 0 Å². The minimum Gasteiger partial charge on any atom is -0.335 e. The van der Waals surface area contributed by atoms with Crippen LogP contribution in [0.5, 0.6) is 0 Å². The van der Waals surface area contributed by atoms with E-state index in [1.54, 1.807) is 12.4 Å². The zero-order valence-corrected chi connectivity index (χ0v) is 19.9. The summed E-state index contributed by atoms with van der Waals surface area (Å²) in [5.41, 5.74) is 9.65. The summed E-state index contributed by atoms with van der Waals surface area (Å²) in [5.74, 6) is 1.62. The van der Waals surface area contributed by atoms with Crippen molar-refractivity contribution in [3.63, 3.8) is 0 Å². The maximum atomic E-state index is 4.96. The molecule has 0 radical (unpaired) electrons. The number of aliphatic imine (C=N–C) groups is 1. The summed E-state index contributed by atoms with van der Waals surface area (Å²) in [4.78, 5) is 22.3. The van der Waals surface area contributed by atoms with Crippen molar-refractivity contribution < 1.29 is 0 Å². The van der Waals surface area contributed by atoms with Crippen molar-refractivity contribution in [1.29, 1.82) is 0 Å². The first-order valence-electron chi connectivity index (χ1n) is 12.7. The number of nitrogens with zero attached hydrogens (tertiary/aromatic N) is 4. The third-order valence-corrected chi connectivity index (χ3v) is 7.53. The van der Waals surface area contributed by atoms with Crippen molar-refractivity contribution in [1.82, 2.24) is 30.6 Å². The van der Waals surface area contributed by atoms with Gasteiger partial charge < -0.3 is 10.3 Å². The monoisotopic (exact) mass is 463 g/mol. The number of rotatable bonds is 6. The summed E-state index contributed by atoms with van der Waals surface area (Å²) in [6.45, 7) is 4.17. The molecule has 3 N–H and O–H groups in total. The van der Waals surface area contributed by atoms with Gasteiger partial charge in [0.2, 0.25) is 0 Å². The van der Waals surface area contributed by atoms with E-state index in [1.807, 2.05) is 12.3 Å². The predicted octanol–water partition coefficient (Wildman–Crippen LogP) is 4.43. The number of nitrogens with one attached hydrogen (secondary N) is 3. The molecule has 5 heterocycles. The van der Waals surface area contributed by atoms with E-state index in [9.17, 15) is 0 Å². The topological polar surface area (TPSA) is 101 Å². The zero-order chi connectivity index (χ0) is 23.4. The van der Waals surface area contributed by atoms with E-state index in [4.69, 9.17) is 15.0 Å². The Kier molecular flexibility index (Phi) is 4.99. The Balaban J connectivity index is 1.21. The molecule has 7 nitrogen and oxygen atoms in total. The third-order valence-electron chi connectivity index (χ3n) is 7.53. The molecule has 7 rings (SSSR count). The lowest BCUT2D eigenvalue weighted by atomic mass is 9.95. The molecule has 0 amide bonds. The minimum atomic E-state index is 0.105. The van der Waals surface area contributed by atoms with Gasteiger partial charge in [-0.05, 0) is 62.1 Å². The number of aromatic nitrogens is 4. The van der Waals surface area contributed by atoms with Crippen LogP contribution in [0.1, 0.15) is 59.8 Å². The zero-order valence-electron chi connectivity index (χ0n) is 19.9. The fraction of sp³-hybridized carbons (Fsp3) is 0.357. The predicted molar refractivity (Wildman–Crippen MR) is 137 cm³/mol. The number of fused-ring (bicyclic) bond motifs is 4. The molecule has 2 atom stereocenters. The average Bonchev–Trinajstić information content (AvgIpc) is 3.25. The van der Waals surface area contributed by atoms with Gasteiger partial charge in [0.05, 0.1) is 29.0 Å². The second-order valence-corrected chi connectivity index (χ2v) is 10.2. The highest BCUT2D eigenvalue weighted by Crippen LogP contribution is 2.39. The van der Waals surface area contributed by atoms with Crippen molar-refractivity contribution in [3.05, 3.63) is 77.0 Å². The second kappa shape index (κ2) is 8.36. The molecule has 1 aliphatic carbocycles. The SMILES string of the molecule is Cc1cc(CNCC2CCCC2)cc(-c2cc3c(cn2)C2NC2N=C3c2nc3ccncc3[nH]2)c1. The molecule has 0 spiro atoms. The number of imidazole rings is 1. The number of aryl methyl sites for hydroxylation is 1. The summed E-state index contributed by atoms with van der Waals surface area (Å²) in [6, 6.07) is 11.1. The fourth-order valence-electron chi connectivity index (χ4n) is 5.69. The molecule has 1 saturated carbocycles. The summed E-state index contributed by atoms with van der Waals surface area (Å²) in [7, 11) is 0. The summed E-state index contributed by atoms with van der Waals surface area (Å²) < 4.78 is 0. The van der Waals surface area contributed by atoms with Crippen LogP contribution in [0.25, 0.3) is 22.3 Å². The number of pyridine rings is 2. The quantitative estimate of drug-likeness (QED) is 0.367. The maximum Gasteiger partial charge on any atom is 0.157 e. The van der Waals surface area contributed by atoms with E-state index in [0.29, 0.717) is 0 Å².